The molecule has 1 aromatic heterocycles. The molecule has 1 N–H and O–H groups in total. The van der Waals surface area contributed by atoms with Crippen LogP contribution < -0.4 is 5.32 Å². The number of hydrogen-bond acceptors (Lipinski definition) is 3. The Morgan fingerprint density at radius 1 is 1.52 bits per heavy atom. The number of fused-ring (bicyclic) bond motifs is 1. The first-order chi connectivity index (χ1) is 10.0. The van der Waals surface area contributed by atoms with E-state index in [-0.39, 0.29) is 22.5 Å². The molecule has 2 aromatic rings. The van der Waals surface area contributed by atoms with Crippen LogP contribution in [0.4, 0.5) is 4.39 Å². The van der Waals surface area contributed by atoms with Crippen LogP contribution >= 0.6 is 11.6 Å². The van der Waals surface area contributed by atoms with Gasteiger partial charge >= 0.3 is 0 Å². The number of carbonyl (C=O) groups excluding carboxylic acids is 1. The van der Waals surface area contributed by atoms with E-state index < -0.39 is 5.82 Å². The molecule has 0 aliphatic carbocycles. The zero-order valence-electron chi connectivity index (χ0n) is 11.4. The van der Waals surface area contributed by atoms with Crippen molar-refractivity contribution in [2.75, 3.05) is 0 Å². The summed E-state index contributed by atoms with van der Waals surface area (Å²) < 4.78 is 15.0. The number of hydrogen-bond donors (Lipinski definition) is 1. The van der Waals surface area contributed by atoms with E-state index in [1.807, 2.05) is 6.92 Å². The number of nitrogens with one attached hydrogen (secondary N) is 1. The Morgan fingerprint density at radius 2 is 2.33 bits per heavy atom. The van der Waals surface area contributed by atoms with Gasteiger partial charge in [-0.3, -0.25) is 4.79 Å². The first kappa shape index (κ1) is 14.0. The summed E-state index contributed by atoms with van der Waals surface area (Å²) in [5, 5.41) is 7.39. The van der Waals surface area contributed by atoms with Gasteiger partial charge in [0.2, 0.25) is 0 Å². The monoisotopic (exact) mass is 308 g/mol. The van der Waals surface area contributed by atoms with Crippen molar-refractivity contribution in [3.63, 3.8) is 0 Å². The Balaban J connectivity index is 1.73. The van der Waals surface area contributed by atoms with Crippen LogP contribution in [0.5, 0.6) is 0 Å². The molecule has 1 amide bonds. The van der Waals surface area contributed by atoms with Crippen molar-refractivity contribution in [3.05, 3.63) is 46.3 Å². The van der Waals surface area contributed by atoms with Gasteiger partial charge < -0.3 is 5.32 Å². The molecule has 0 spiro atoms. The molecule has 1 aromatic carbocycles. The molecule has 1 aliphatic heterocycles. The third-order valence-electron chi connectivity index (χ3n) is 3.47. The van der Waals surface area contributed by atoms with E-state index in [4.69, 9.17) is 11.6 Å². The van der Waals surface area contributed by atoms with E-state index >= 15 is 0 Å². The Labute approximate surface area is 126 Å². The number of amides is 1. The number of rotatable bonds is 2. The molecular weight excluding hydrogens is 295 g/mol. The van der Waals surface area contributed by atoms with Crippen molar-refractivity contribution in [2.24, 2.45) is 0 Å². The van der Waals surface area contributed by atoms with Gasteiger partial charge in [-0.2, -0.15) is 5.10 Å². The van der Waals surface area contributed by atoms with Crippen molar-refractivity contribution in [1.82, 2.24) is 20.1 Å². The average Bonchev–Trinajstić information content (AvgIpc) is 2.80. The summed E-state index contributed by atoms with van der Waals surface area (Å²) in [4.78, 5) is 16.5. The van der Waals surface area contributed by atoms with Crippen LogP contribution in [0.25, 0.3) is 0 Å². The number of aromatic nitrogens is 3. The molecule has 0 fully saturated rings. The highest BCUT2D eigenvalue weighted by atomic mass is 35.5. The van der Waals surface area contributed by atoms with Gasteiger partial charge in [0.25, 0.3) is 5.91 Å². The lowest BCUT2D eigenvalue weighted by Gasteiger charge is -2.23. The highest BCUT2D eigenvalue weighted by Gasteiger charge is 2.23. The molecule has 0 saturated heterocycles. The van der Waals surface area contributed by atoms with Gasteiger partial charge in [-0.25, -0.2) is 14.1 Å². The lowest BCUT2D eigenvalue weighted by atomic mass is 10.1. The Kier molecular flexibility index (Phi) is 3.63. The van der Waals surface area contributed by atoms with E-state index in [2.05, 4.69) is 15.4 Å². The Bertz CT molecular complexity index is 700. The minimum Gasteiger partial charge on any atom is -0.347 e. The normalized spacial score (nSPS) is 17.4. The summed E-state index contributed by atoms with van der Waals surface area (Å²) in [6.07, 6.45) is 1.53. The topological polar surface area (TPSA) is 59.8 Å². The predicted molar refractivity (Wildman–Crippen MR) is 75.7 cm³/mol. The summed E-state index contributed by atoms with van der Waals surface area (Å²) in [6, 6.07) is 3.69. The molecule has 21 heavy (non-hydrogen) atoms. The third kappa shape index (κ3) is 2.90. The van der Waals surface area contributed by atoms with Gasteiger partial charge in [0.15, 0.2) is 0 Å². The highest BCUT2D eigenvalue weighted by molar-refractivity contribution is 6.33. The molecular formula is C14H14ClFN4O. The molecule has 5 nitrogen and oxygen atoms in total. The van der Waals surface area contributed by atoms with E-state index in [0.717, 1.165) is 30.6 Å². The van der Waals surface area contributed by atoms with Gasteiger partial charge in [-0.1, -0.05) is 11.6 Å². The van der Waals surface area contributed by atoms with Crippen molar-refractivity contribution < 1.29 is 9.18 Å². The van der Waals surface area contributed by atoms with Crippen LogP contribution in [0.1, 0.15) is 28.4 Å². The molecule has 0 saturated carbocycles. The third-order valence-corrected chi connectivity index (χ3v) is 3.80. The Hall–Kier alpha value is -1.95. The minimum atomic E-state index is -0.484. The van der Waals surface area contributed by atoms with E-state index in [9.17, 15) is 9.18 Å². The van der Waals surface area contributed by atoms with E-state index in [1.165, 1.54) is 12.1 Å². The first-order valence-corrected chi connectivity index (χ1v) is 7.07. The number of halogens is 2. The standard InChI is InChI=1S/C14H14ClFN4O/c1-8-17-13-5-3-10(7-20(13)19-8)18-14(21)11-6-9(16)2-4-12(11)15/h2,4,6,10H,3,5,7H2,1H3,(H,18,21). The minimum absolute atomic E-state index is 0.0644. The van der Waals surface area contributed by atoms with Crippen molar-refractivity contribution in [1.29, 1.82) is 0 Å². The molecule has 1 aliphatic rings. The Morgan fingerprint density at radius 3 is 3.14 bits per heavy atom. The molecule has 7 heteroatoms. The van der Waals surface area contributed by atoms with Crippen LogP contribution in [-0.4, -0.2) is 26.7 Å². The number of carbonyl (C=O) groups is 1. The lowest BCUT2D eigenvalue weighted by Crippen LogP contribution is -2.41. The summed E-state index contributed by atoms with van der Waals surface area (Å²) >= 11 is 5.94. The summed E-state index contributed by atoms with van der Waals surface area (Å²) in [6.45, 7) is 2.40. The average molecular weight is 309 g/mol. The molecule has 110 valence electrons. The largest absolute Gasteiger partial charge is 0.347 e. The quantitative estimate of drug-likeness (QED) is 0.924. The van der Waals surface area contributed by atoms with Gasteiger partial charge in [0.05, 0.1) is 17.1 Å². The molecule has 0 bridgehead atoms. The highest BCUT2D eigenvalue weighted by Crippen LogP contribution is 2.18. The van der Waals surface area contributed by atoms with Crippen LogP contribution in [0.2, 0.25) is 5.02 Å². The summed E-state index contributed by atoms with van der Waals surface area (Å²) in [5.41, 5.74) is 0.150. The van der Waals surface area contributed by atoms with Gasteiger partial charge in [0, 0.05) is 12.5 Å². The number of nitrogens with zero attached hydrogens (tertiary/aromatic N) is 3. The summed E-state index contributed by atoms with van der Waals surface area (Å²) in [5.74, 6) is 0.805. The molecule has 1 unspecified atom stereocenters. The fourth-order valence-electron chi connectivity index (χ4n) is 2.49. The van der Waals surface area contributed by atoms with Crippen molar-refractivity contribution in [2.45, 2.75) is 32.4 Å². The number of aryl methyl sites for hydroxylation is 2. The van der Waals surface area contributed by atoms with Gasteiger partial charge in [-0.05, 0) is 31.5 Å². The fraction of sp³-hybridized carbons (Fsp3) is 0.357. The maximum atomic E-state index is 13.2. The molecule has 2 heterocycles. The number of benzene rings is 1. The first-order valence-electron chi connectivity index (χ1n) is 6.69. The smallest absolute Gasteiger partial charge is 0.253 e. The van der Waals surface area contributed by atoms with Crippen LogP contribution in [0.3, 0.4) is 0 Å². The summed E-state index contributed by atoms with van der Waals surface area (Å²) in [7, 11) is 0. The molecule has 0 radical (unpaired) electrons. The maximum Gasteiger partial charge on any atom is 0.253 e. The molecule has 3 rings (SSSR count). The van der Waals surface area contributed by atoms with Crippen molar-refractivity contribution in [3.8, 4) is 0 Å². The fourth-order valence-corrected chi connectivity index (χ4v) is 2.69. The second-order valence-corrected chi connectivity index (χ2v) is 5.50. The zero-order chi connectivity index (χ0) is 15.0. The van der Waals surface area contributed by atoms with Crippen LogP contribution in [0, 0.1) is 12.7 Å². The van der Waals surface area contributed by atoms with Gasteiger partial charge in [0.1, 0.15) is 17.5 Å². The van der Waals surface area contributed by atoms with Crippen LogP contribution in [0.15, 0.2) is 18.2 Å². The van der Waals surface area contributed by atoms with Crippen molar-refractivity contribution >= 4 is 17.5 Å². The maximum absolute atomic E-state index is 13.2. The molecule has 1 atom stereocenters. The van der Waals surface area contributed by atoms with Gasteiger partial charge in [-0.15, -0.1) is 0 Å². The second kappa shape index (κ2) is 5.44. The second-order valence-electron chi connectivity index (χ2n) is 5.09. The predicted octanol–water partition coefficient (Wildman–Crippen LogP) is 2.12. The van der Waals surface area contributed by atoms with E-state index in [0.29, 0.717) is 6.54 Å². The lowest BCUT2D eigenvalue weighted by molar-refractivity contribution is 0.0926. The SMILES string of the molecule is Cc1nc2n(n1)CC(NC(=O)c1cc(F)ccc1Cl)CC2. The van der Waals surface area contributed by atoms with E-state index in [1.54, 1.807) is 4.68 Å². The van der Waals surface area contributed by atoms with Crippen LogP contribution in [-0.2, 0) is 13.0 Å². The zero-order valence-corrected chi connectivity index (χ0v) is 12.2.